The van der Waals surface area contributed by atoms with Gasteiger partial charge in [0.2, 0.25) is 0 Å². The number of thiazole rings is 1. The molecule has 0 saturated heterocycles. The smallest absolute Gasteiger partial charge is 0.416 e. The van der Waals surface area contributed by atoms with Gasteiger partial charge in [-0.25, -0.2) is 4.98 Å². The molecule has 3 aromatic rings. The van der Waals surface area contributed by atoms with Gasteiger partial charge in [0.15, 0.2) is 10.8 Å². The molecule has 0 bridgehead atoms. The second-order valence-corrected chi connectivity index (χ2v) is 7.36. The molecule has 0 fully saturated rings. The summed E-state index contributed by atoms with van der Waals surface area (Å²) in [6.07, 6.45) is -2.81. The largest absolute Gasteiger partial charge is 0.462 e. The Morgan fingerprint density at radius 1 is 1.12 bits per heavy atom. The molecule has 24 heavy (non-hydrogen) atoms. The molecule has 1 aromatic carbocycles. The summed E-state index contributed by atoms with van der Waals surface area (Å²) in [5.74, 6) is 1.09. The van der Waals surface area contributed by atoms with E-state index in [9.17, 15) is 17.4 Å². The van der Waals surface area contributed by atoms with Crippen LogP contribution in [-0.4, -0.2) is 9.19 Å². The van der Waals surface area contributed by atoms with Crippen molar-refractivity contribution in [2.24, 2.45) is 0 Å². The lowest BCUT2D eigenvalue weighted by molar-refractivity contribution is -0.137. The van der Waals surface area contributed by atoms with Gasteiger partial charge in [-0.15, -0.1) is 11.3 Å². The van der Waals surface area contributed by atoms with Crippen LogP contribution in [0.1, 0.15) is 16.8 Å². The Morgan fingerprint density at radius 3 is 2.50 bits per heavy atom. The van der Waals surface area contributed by atoms with E-state index in [2.05, 4.69) is 4.98 Å². The summed E-state index contributed by atoms with van der Waals surface area (Å²) in [5.41, 5.74) is 0.569. The fourth-order valence-corrected chi connectivity index (χ4v) is 4.11. The van der Waals surface area contributed by atoms with E-state index in [0.29, 0.717) is 22.0 Å². The van der Waals surface area contributed by atoms with Crippen LogP contribution in [0.3, 0.4) is 0 Å². The summed E-state index contributed by atoms with van der Waals surface area (Å²) in [4.78, 5) is 4.36. The zero-order chi connectivity index (χ0) is 17.2. The average molecular weight is 371 g/mol. The molecule has 2 aromatic heterocycles. The van der Waals surface area contributed by atoms with Crippen LogP contribution in [-0.2, 0) is 28.5 Å². The van der Waals surface area contributed by atoms with Gasteiger partial charge in [-0.05, 0) is 29.8 Å². The molecule has 0 amide bonds. The van der Waals surface area contributed by atoms with Crippen LogP contribution < -0.4 is 0 Å². The van der Waals surface area contributed by atoms with Crippen LogP contribution in [0.25, 0.3) is 10.8 Å². The Kier molecular flexibility index (Phi) is 4.86. The molecule has 0 saturated carbocycles. The van der Waals surface area contributed by atoms with Crippen molar-refractivity contribution in [2.75, 3.05) is 0 Å². The Balaban J connectivity index is 1.62. The number of benzene rings is 1. The minimum absolute atomic E-state index is 0.186. The number of halogens is 3. The first-order valence-corrected chi connectivity index (χ1v) is 9.28. The van der Waals surface area contributed by atoms with Gasteiger partial charge in [0.05, 0.1) is 23.3 Å². The molecule has 2 heterocycles. The molecule has 3 rings (SSSR count). The minimum Gasteiger partial charge on any atom is -0.462 e. The third kappa shape index (κ3) is 4.12. The highest BCUT2D eigenvalue weighted by atomic mass is 32.2. The van der Waals surface area contributed by atoms with E-state index in [4.69, 9.17) is 4.42 Å². The summed E-state index contributed by atoms with van der Waals surface area (Å²) < 4.78 is 55.0. The third-order valence-electron chi connectivity index (χ3n) is 3.20. The van der Waals surface area contributed by atoms with Crippen molar-refractivity contribution in [1.82, 2.24) is 4.98 Å². The maximum absolute atomic E-state index is 12.5. The molecular weight excluding hydrogens is 359 g/mol. The molecule has 126 valence electrons. The number of furan rings is 1. The lowest BCUT2D eigenvalue weighted by atomic mass is 10.1. The highest BCUT2D eigenvalue weighted by molar-refractivity contribution is 7.83. The van der Waals surface area contributed by atoms with E-state index in [-0.39, 0.29) is 11.5 Å². The molecule has 1 unspecified atom stereocenters. The van der Waals surface area contributed by atoms with Gasteiger partial charge in [-0.2, -0.15) is 13.2 Å². The van der Waals surface area contributed by atoms with Crippen molar-refractivity contribution in [3.63, 3.8) is 0 Å². The van der Waals surface area contributed by atoms with E-state index in [1.54, 1.807) is 18.4 Å². The van der Waals surface area contributed by atoms with Crippen molar-refractivity contribution in [3.05, 3.63) is 64.9 Å². The van der Waals surface area contributed by atoms with Crippen molar-refractivity contribution >= 4 is 22.1 Å². The average Bonchev–Trinajstić information content (AvgIpc) is 3.17. The van der Waals surface area contributed by atoms with E-state index in [0.717, 1.165) is 12.1 Å². The fourth-order valence-electron chi connectivity index (χ4n) is 2.08. The van der Waals surface area contributed by atoms with Gasteiger partial charge in [-0.1, -0.05) is 12.1 Å². The van der Waals surface area contributed by atoms with E-state index in [1.807, 2.05) is 5.38 Å². The van der Waals surface area contributed by atoms with Crippen molar-refractivity contribution in [1.29, 1.82) is 0 Å². The molecule has 8 heteroatoms. The van der Waals surface area contributed by atoms with Crippen LogP contribution in [0.4, 0.5) is 13.2 Å². The van der Waals surface area contributed by atoms with Gasteiger partial charge >= 0.3 is 6.18 Å². The Labute approximate surface area is 142 Å². The number of nitrogens with zero attached hydrogens (tertiary/aromatic N) is 1. The molecule has 0 N–H and O–H groups in total. The zero-order valence-electron chi connectivity index (χ0n) is 12.2. The standard InChI is InChI=1S/C16H12F3NO2S2/c17-16(18,19)12-5-3-11(4-6-12)9-24(21)10-13-8-23-15(20-13)14-2-1-7-22-14/h1-8H,9-10H2. The predicted octanol–water partition coefficient (Wildman–Crippen LogP) is 4.87. The predicted molar refractivity (Wildman–Crippen MR) is 86.8 cm³/mol. The summed E-state index contributed by atoms with van der Waals surface area (Å²) in [6.45, 7) is 0. The third-order valence-corrected chi connectivity index (χ3v) is 5.38. The summed E-state index contributed by atoms with van der Waals surface area (Å²) >= 11 is 1.40. The van der Waals surface area contributed by atoms with E-state index in [1.165, 1.54) is 23.5 Å². The Hall–Kier alpha value is -1.93. The second kappa shape index (κ2) is 6.90. The molecule has 0 radical (unpaired) electrons. The van der Waals surface area contributed by atoms with Crippen molar-refractivity contribution in [3.8, 4) is 10.8 Å². The SMILES string of the molecule is O=S(Cc1ccc(C(F)(F)F)cc1)Cc1csc(-c2ccco2)n1. The molecule has 0 aliphatic rings. The topological polar surface area (TPSA) is 43.1 Å². The van der Waals surface area contributed by atoms with Crippen molar-refractivity contribution < 1.29 is 21.8 Å². The monoisotopic (exact) mass is 371 g/mol. The van der Waals surface area contributed by atoms with Gasteiger partial charge in [0, 0.05) is 21.9 Å². The molecule has 1 atom stereocenters. The summed E-state index contributed by atoms with van der Waals surface area (Å²) in [6, 6.07) is 8.28. The maximum Gasteiger partial charge on any atom is 0.416 e. The van der Waals surface area contributed by atoms with Crippen LogP contribution in [0, 0.1) is 0 Å². The zero-order valence-corrected chi connectivity index (χ0v) is 13.9. The first-order valence-electron chi connectivity index (χ1n) is 6.91. The number of hydrogen-bond donors (Lipinski definition) is 0. The van der Waals surface area contributed by atoms with Crippen LogP contribution >= 0.6 is 11.3 Å². The number of hydrogen-bond acceptors (Lipinski definition) is 4. The fraction of sp³-hybridized carbons (Fsp3) is 0.188. The van der Waals surface area contributed by atoms with Crippen LogP contribution in [0.2, 0.25) is 0 Å². The molecule has 0 aliphatic heterocycles. The first-order chi connectivity index (χ1) is 11.4. The van der Waals surface area contributed by atoms with Gasteiger partial charge in [0.25, 0.3) is 0 Å². The maximum atomic E-state index is 12.5. The molecule has 0 aliphatic carbocycles. The Morgan fingerprint density at radius 2 is 1.88 bits per heavy atom. The van der Waals surface area contributed by atoms with Gasteiger partial charge in [-0.3, -0.25) is 4.21 Å². The second-order valence-electron chi connectivity index (χ2n) is 5.04. The quantitative estimate of drug-likeness (QED) is 0.643. The van der Waals surface area contributed by atoms with E-state index >= 15 is 0 Å². The summed E-state index contributed by atoms with van der Waals surface area (Å²) in [5, 5.41) is 2.52. The molecular formula is C16H12F3NO2S2. The van der Waals surface area contributed by atoms with Gasteiger partial charge < -0.3 is 4.42 Å². The van der Waals surface area contributed by atoms with Crippen LogP contribution in [0.15, 0.2) is 52.5 Å². The lowest BCUT2D eigenvalue weighted by Crippen LogP contribution is -2.05. The Bertz CT molecular complexity index is 824. The number of rotatable bonds is 5. The van der Waals surface area contributed by atoms with E-state index < -0.39 is 22.5 Å². The molecule has 3 nitrogen and oxygen atoms in total. The van der Waals surface area contributed by atoms with Gasteiger partial charge in [0.1, 0.15) is 0 Å². The number of aromatic nitrogens is 1. The van der Waals surface area contributed by atoms with Crippen LogP contribution in [0.5, 0.6) is 0 Å². The highest BCUT2D eigenvalue weighted by Gasteiger charge is 2.29. The molecule has 0 spiro atoms. The normalized spacial score (nSPS) is 13.1. The van der Waals surface area contributed by atoms with Crippen molar-refractivity contribution in [2.45, 2.75) is 17.7 Å². The highest BCUT2D eigenvalue weighted by Crippen LogP contribution is 2.29. The minimum atomic E-state index is -4.36. The number of alkyl halides is 3. The first kappa shape index (κ1) is 16.9. The summed E-state index contributed by atoms with van der Waals surface area (Å²) in [7, 11) is -1.25. The lowest BCUT2D eigenvalue weighted by Gasteiger charge is -2.07.